The predicted octanol–water partition coefficient (Wildman–Crippen LogP) is 3.03. The molecule has 4 heteroatoms. The van der Waals surface area contributed by atoms with Gasteiger partial charge in [0.15, 0.2) is 0 Å². The van der Waals surface area contributed by atoms with E-state index in [1.807, 2.05) is 6.92 Å². The van der Waals surface area contributed by atoms with E-state index >= 15 is 0 Å². The number of hydrogen-bond acceptors (Lipinski definition) is 4. The van der Waals surface area contributed by atoms with Crippen LogP contribution in [-0.2, 0) is 0 Å². The zero-order valence-corrected chi connectivity index (χ0v) is 9.78. The van der Waals surface area contributed by atoms with Gasteiger partial charge in [0.05, 0.1) is 0 Å². The van der Waals surface area contributed by atoms with Crippen molar-refractivity contribution in [3.05, 3.63) is 5.56 Å². The number of hydrogen-bond donors (Lipinski definition) is 2. The second kappa shape index (κ2) is 5.86. The third-order valence-corrected chi connectivity index (χ3v) is 3.20. The number of anilines is 2. The zero-order chi connectivity index (χ0) is 10.4. The number of nitrogens with two attached hydrogens (primary N) is 1. The van der Waals surface area contributed by atoms with Crippen molar-refractivity contribution in [3.8, 4) is 0 Å². The van der Waals surface area contributed by atoms with Gasteiger partial charge in [0.25, 0.3) is 0 Å². The first kappa shape index (κ1) is 11.3. The van der Waals surface area contributed by atoms with Crippen LogP contribution < -0.4 is 11.1 Å². The molecule has 0 aliphatic heterocycles. The Hall–Kier alpha value is -0.770. The lowest BCUT2D eigenvalue weighted by atomic mass is 10.2. The summed E-state index contributed by atoms with van der Waals surface area (Å²) in [5.41, 5.74) is 6.74. The molecule has 0 saturated heterocycles. The molecule has 0 aliphatic carbocycles. The fourth-order valence-corrected chi connectivity index (χ4v) is 2.00. The molecule has 0 aliphatic rings. The minimum Gasteiger partial charge on any atom is -0.383 e. The lowest BCUT2D eigenvalue weighted by Crippen LogP contribution is -2.01. The fourth-order valence-electron chi connectivity index (χ4n) is 1.27. The summed E-state index contributed by atoms with van der Waals surface area (Å²) in [4.78, 5) is 0. The minimum atomic E-state index is 0.658. The van der Waals surface area contributed by atoms with Crippen molar-refractivity contribution in [2.45, 2.75) is 39.5 Å². The molecule has 1 heterocycles. The summed E-state index contributed by atoms with van der Waals surface area (Å²) in [6, 6.07) is 0. The third-order valence-electron chi connectivity index (χ3n) is 2.28. The number of nitrogen functional groups attached to an aromatic ring is 1. The van der Waals surface area contributed by atoms with E-state index in [1.54, 1.807) is 0 Å². The first-order valence-electron chi connectivity index (χ1n) is 5.21. The second-order valence-electron chi connectivity index (χ2n) is 3.51. The molecule has 0 bridgehead atoms. The lowest BCUT2D eigenvalue weighted by Gasteiger charge is -2.03. The van der Waals surface area contributed by atoms with Gasteiger partial charge in [-0.05, 0) is 24.9 Å². The summed E-state index contributed by atoms with van der Waals surface area (Å²) in [6.07, 6.45) is 5.14. The van der Waals surface area contributed by atoms with Crippen LogP contribution in [0.2, 0.25) is 0 Å². The van der Waals surface area contributed by atoms with Crippen LogP contribution in [0.25, 0.3) is 0 Å². The summed E-state index contributed by atoms with van der Waals surface area (Å²) in [7, 11) is 0. The average Bonchev–Trinajstić information content (AvgIpc) is 2.49. The van der Waals surface area contributed by atoms with E-state index in [4.69, 9.17) is 5.73 Å². The molecule has 0 amide bonds. The van der Waals surface area contributed by atoms with Crippen molar-refractivity contribution in [2.75, 3.05) is 17.6 Å². The van der Waals surface area contributed by atoms with Crippen LogP contribution in [0.4, 0.5) is 10.8 Å². The Morgan fingerprint density at radius 1 is 1.36 bits per heavy atom. The first-order chi connectivity index (χ1) is 6.75. The molecule has 0 fully saturated rings. The molecular formula is C10H19N3S. The van der Waals surface area contributed by atoms with Crippen LogP contribution in [0.5, 0.6) is 0 Å². The maximum atomic E-state index is 5.65. The largest absolute Gasteiger partial charge is 0.383 e. The topological polar surface area (TPSA) is 50.9 Å². The Morgan fingerprint density at radius 2 is 2.14 bits per heavy atom. The monoisotopic (exact) mass is 213 g/mol. The Kier molecular flexibility index (Phi) is 4.73. The molecule has 1 aromatic heterocycles. The molecule has 80 valence electrons. The van der Waals surface area contributed by atoms with Crippen LogP contribution in [0.3, 0.4) is 0 Å². The van der Waals surface area contributed by atoms with Crippen LogP contribution >= 0.6 is 11.5 Å². The Balaban J connectivity index is 2.21. The molecule has 3 nitrogen and oxygen atoms in total. The highest BCUT2D eigenvalue weighted by atomic mass is 32.1. The van der Waals surface area contributed by atoms with Crippen molar-refractivity contribution in [2.24, 2.45) is 0 Å². The van der Waals surface area contributed by atoms with Crippen molar-refractivity contribution in [3.63, 3.8) is 0 Å². The molecule has 3 N–H and O–H groups in total. The lowest BCUT2D eigenvalue weighted by molar-refractivity contribution is 0.685. The van der Waals surface area contributed by atoms with E-state index in [2.05, 4.69) is 16.6 Å². The Labute approximate surface area is 89.9 Å². The average molecular weight is 213 g/mol. The van der Waals surface area contributed by atoms with Crippen LogP contribution in [0, 0.1) is 6.92 Å². The van der Waals surface area contributed by atoms with Gasteiger partial charge in [0.1, 0.15) is 10.8 Å². The van der Waals surface area contributed by atoms with Gasteiger partial charge in [-0.1, -0.05) is 26.2 Å². The maximum absolute atomic E-state index is 5.65. The number of rotatable bonds is 6. The van der Waals surface area contributed by atoms with Crippen LogP contribution in [0.1, 0.15) is 38.2 Å². The molecule has 0 spiro atoms. The van der Waals surface area contributed by atoms with Crippen molar-refractivity contribution in [1.82, 2.24) is 4.37 Å². The van der Waals surface area contributed by atoms with Gasteiger partial charge >= 0.3 is 0 Å². The summed E-state index contributed by atoms with van der Waals surface area (Å²) in [5.74, 6) is 0.658. The highest BCUT2D eigenvalue weighted by Gasteiger charge is 2.04. The summed E-state index contributed by atoms with van der Waals surface area (Å²) in [6.45, 7) is 5.26. The molecule has 14 heavy (non-hydrogen) atoms. The summed E-state index contributed by atoms with van der Waals surface area (Å²) < 4.78 is 4.09. The number of unbranched alkanes of at least 4 members (excludes halogenated alkanes) is 3. The molecule has 0 unspecified atom stereocenters. The predicted molar refractivity (Wildman–Crippen MR) is 63.9 cm³/mol. The van der Waals surface area contributed by atoms with Crippen LogP contribution in [-0.4, -0.2) is 10.9 Å². The van der Waals surface area contributed by atoms with Gasteiger partial charge in [-0.2, -0.15) is 4.37 Å². The van der Waals surface area contributed by atoms with E-state index in [9.17, 15) is 0 Å². The highest BCUT2D eigenvalue weighted by Crippen LogP contribution is 2.25. The number of nitrogens with one attached hydrogen (secondary N) is 1. The van der Waals surface area contributed by atoms with E-state index in [0.717, 1.165) is 17.1 Å². The van der Waals surface area contributed by atoms with E-state index in [-0.39, 0.29) is 0 Å². The van der Waals surface area contributed by atoms with Crippen molar-refractivity contribution < 1.29 is 0 Å². The molecule has 0 atom stereocenters. The van der Waals surface area contributed by atoms with Crippen LogP contribution in [0.15, 0.2) is 0 Å². The van der Waals surface area contributed by atoms with Gasteiger partial charge in [-0.25, -0.2) is 0 Å². The minimum absolute atomic E-state index is 0.658. The van der Waals surface area contributed by atoms with Gasteiger partial charge in [-0.3, -0.25) is 0 Å². The van der Waals surface area contributed by atoms with E-state index in [1.165, 1.54) is 37.2 Å². The first-order valence-corrected chi connectivity index (χ1v) is 5.98. The second-order valence-corrected chi connectivity index (χ2v) is 4.28. The van der Waals surface area contributed by atoms with Gasteiger partial charge in [0.2, 0.25) is 0 Å². The quantitative estimate of drug-likeness (QED) is 0.714. The molecule has 0 radical (unpaired) electrons. The van der Waals surface area contributed by atoms with E-state index in [0.29, 0.717) is 5.82 Å². The van der Waals surface area contributed by atoms with Gasteiger partial charge < -0.3 is 11.1 Å². The summed E-state index contributed by atoms with van der Waals surface area (Å²) in [5, 5.41) is 4.49. The SMILES string of the molecule is CCCCCCNc1snc(N)c1C. The van der Waals surface area contributed by atoms with Gasteiger partial charge in [0, 0.05) is 12.1 Å². The highest BCUT2D eigenvalue weighted by molar-refractivity contribution is 7.10. The zero-order valence-electron chi connectivity index (χ0n) is 8.97. The molecular weight excluding hydrogens is 194 g/mol. The molecule has 0 saturated carbocycles. The number of nitrogens with zero attached hydrogens (tertiary/aromatic N) is 1. The Bertz CT molecular complexity index is 270. The fraction of sp³-hybridized carbons (Fsp3) is 0.700. The standard InChI is InChI=1S/C10H19N3S/c1-3-4-5-6-7-12-10-8(2)9(11)13-14-10/h12H,3-7H2,1-2H3,(H2,11,13). The Morgan fingerprint density at radius 3 is 2.71 bits per heavy atom. The molecule has 1 aromatic rings. The third kappa shape index (κ3) is 3.18. The molecule has 0 aromatic carbocycles. The normalized spacial score (nSPS) is 10.4. The molecule has 1 rings (SSSR count). The van der Waals surface area contributed by atoms with Crippen molar-refractivity contribution >= 4 is 22.4 Å². The smallest absolute Gasteiger partial charge is 0.142 e. The van der Waals surface area contributed by atoms with Crippen molar-refractivity contribution in [1.29, 1.82) is 0 Å². The van der Waals surface area contributed by atoms with E-state index < -0.39 is 0 Å². The van der Waals surface area contributed by atoms with Gasteiger partial charge in [-0.15, -0.1) is 0 Å². The number of aromatic nitrogens is 1. The summed E-state index contributed by atoms with van der Waals surface area (Å²) >= 11 is 1.45. The maximum Gasteiger partial charge on any atom is 0.142 e.